The largest absolute Gasteiger partial charge is 0.619 e. The van der Waals surface area contributed by atoms with Gasteiger partial charge in [-0.2, -0.15) is 4.73 Å². The third-order valence-corrected chi connectivity index (χ3v) is 3.72. The van der Waals surface area contributed by atoms with Crippen molar-refractivity contribution in [1.29, 1.82) is 0 Å². The van der Waals surface area contributed by atoms with Gasteiger partial charge in [0.05, 0.1) is 22.2 Å². The summed E-state index contributed by atoms with van der Waals surface area (Å²) in [5, 5.41) is 14.3. The first kappa shape index (κ1) is 17.1. The van der Waals surface area contributed by atoms with Gasteiger partial charge < -0.3 is 15.4 Å². The van der Waals surface area contributed by atoms with E-state index in [1.54, 1.807) is 12.1 Å². The Balaban J connectivity index is 1.97. The minimum absolute atomic E-state index is 0.147. The van der Waals surface area contributed by atoms with Crippen LogP contribution in [0.25, 0.3) is 0 Å². The number of hydrogen-bond acceptors (Lipinski definition) is 3. The predicted molar refractivity (Wildman–Crippen MR) is 87.5 cm³/mol. The van der Waals surface area contributed by atoms with E-state index in [0.29, 0.717) is 26.0 Å². The van der Waals surface area contributed by atoms with Gasteiger partial charge in [0.2, 0.25) is 5.91 Å². The summed E-state index contributed by atoms with van der Waals surface area (Å²) in [7, 11) is 1.50. The van der Waals surface area contributed by atoms with Gasteiger partial charge in [-0.1, -0.05) is 23.2 Å². The van der Waals surface area contributed by atoms with E-state index in [4.69, 9.17) is 23.2 Å². The van der Waals surface area contributed by atoms with Gasteiger partial charge in [0.25, 0.3) is 5.91 Å². The molecule has 8 heteroatoms. The average Bonchev–Trinajstić information content (AvgIpc) is 2.51. The summed E-state index contributed by atoms with van der Waals surface area (Å²) in [5.74, 6) is -0.746. The molecular weight excluding hydrogens is 341 g/mol. The molecule has 0 saturated heterocycles. The number of carbonyl (C=O) groups excluding carboxylic acids is 2. The van der Waals surface area contributed by atoms with Crippen LogP contribution in [0.15, 0.2) is 42.7 Å². The summed E-state index contributed by atoms with van der Waals surface area (Å²) in [5.41, 5.74) is 0.805. The molecule has 0 spiro atoms. The Morgan fingerprint density at radius 2 is 1.83 bits per heavy atom. The van der Waals surface area contributed by atoms with Crippen molar-refractivity contribution in [2.75, 3.05) is 18.9 Å². The molecule has 1 aromatic heterocycles. The Bertz CT molecular complexity index is 735. The lowest BCUT2D eigenvalue weighted by molar-refractivity contribution is -0.605. The summed E-state index contributed by atoms with van der Waals surface area (Å²) >= 11 is 11.7. The highest BCUT2D eigenvalue weighted by atomic mass is 35.5. The van der Waals surface area contributed by atoms with Crippen LogP contribution in [0.5, 0.6) is 0 Å². The molecule has 0 atom stereocenters. The van der Waals surface area contributed by atoms with Crippen molar-refractivity contribution in [3.8, 4) is 0 Å². The minimum atomic E-state index is -0.381. The molecule has 1 N–H and O–H groups in total. The standard InChI is InChI=1S/C15H13Cl2N3O3/c1-19(15(22)10-4-6-20(23)7-5-10)9-14(21)18-11-2-3-12(16)13(17)8-11/h2-8H,9H2,1H3,(H,18,21). The number of amides is 2. The van der Waals surface area contributed by atoms with E-state index in [9.17, 15) is 14.8 Å². The van der Waals surface area contributed by atoms with Crippen LogP contribution in [-0.4, -0.2) is 30.3 Å². The van der Waals surface area contributed by atoms with Crippen LogP contribution in [0, 0.1) is 5.21 Å². The lowest BCUT2D eigenvalue weighted by Crippen LogP contribution is -2.35. The van der Waals surface area contributed by atoms with Gasteiger partial charge in [0.15, 0.2) is 12.4 Å². The number of pyridine rings is 1. The molecule has 0 radical (unpaired) electrons. The first-order valence-electron chi connectivity index (χ1n) is 6.56. The van der Waals surface area contributed by atoms with Crippen LogP contribution in [-0.2, 0) is 4.79 Å². The zero-order valence-corrected chi connectivity index (χ0v) is 13.6. The van der Waals surface area contributed by atoms with Crippen molar-refractivity contribution < 1.29 is 14.3 Å². The lowest BCUT2D eigenvalue weighted by atomic mass is 10.2. The quantitative estimate of drug-likeness (QED) is 0.676. The van der Waals surface area contributed by atoms with Crippen LogP contribution in [0.2, 0.25) is 10.0 Å². The number of halogens is 2. The highest BCUT2D eigenvalue weighted by Gasteiger charge is 2.16. The third kappa shape index (κ3) is 4.58. The Kier molecular flexibility index (Phi) is 5.41. The van der Waals surface area contributed by atoms with Crippen molar-refractivity contribution in [2.24, 2.45) is 0 Å². The van der Waals surface area contributed by atoms with Crippen LogP contribution >= 0.6 is 23.2 Å². The van der Waals surface area contributed by atoms with Gasteiger partial charge in [0.1, 0.15) is 0 Å². The van der Waals surface area contributed by atoms with Crippen LogP contribution < -0.4 is 10.0 Å². The van der Waals surface area contributed by atoms with Crippen molar-refractivity contribution in [2.45, 2.75) is 0 Å². The van der Waals surface area contributed by atoms with Gasteiger partial charge in [-0.05, 0) is 18.2 Å². The molecule has 1 heterocycles. The molecule has 0 aliphatic rings. The van der Waals surface area contributed by atoms with E-state index >= 15 is 0 Å². The fourth-order valence-electron chi connectivity index (χ4n) is 1.84. The smallest absolute Gasteiger partial charge is 0.254 e. The molecule has 0 unspecified atom stereocenters. The molecule has 0 bridgehead atoms. The number of carbonyl (C=O) groups is 2. The molecule has 0 aliphatic carbocycles. The molecule has 2 aromatic rings. The SMILES string of the molecule is CN(CC(=O)Nc1ccc(Cl)c(Cl)c1)C(=O)c1cc[n+]([O-])cc1. The number of rotatable bonds is 4. The maximum atomic E-state index is 12.1. The number of anilines is 1. The van der Waals surface area contributed by atoms with Crippen LogP contribution in [0.3, 0.4) is 0 Å². The van der Waals surface area contributed by atoms with Crippen LogP contribution in [0.1, 0.15) is 10.4 Å². The number of aromatic nitrogens is 1. The van der Waals surface area contributed by atoms with E-state index < -0.39 is 0 Å². The summed E-state index contributed by atoms with van der Waals surface area (Å²) in [6.45, 7) is -0.147. The van der Waals surface area contributed by atoms with E-state index in [-0.39, 0.29) is 18.4 Å². The van der Waals surface area contributed by atoms with Gasteiger partial charge >= 0.3 is 0 Å². The minimum Gasteiger partial charge on any atom is -0.619 e. The molecular formula is C15H13Cl2N3O3. The van der Waals surface area contributed by atoms with Gasteiger partial charge in [0, 0.05) is 24.9 Å². The van der Waals surface area contributed by atoms with E-state index in [1.807, 2.05) is 0 Å². The Hall–Kier alpha value is -2.31. The average molecular weight is 354 g/mol. The molecule has 0 aliphatic heterocycles. The number of benzene rings is 1. The normalized spacial score (nSPS) is 10.2. The number of nitrogens with one attached hydrogen (secondary N) is 1. The maximum Gasteiger partial charge on any atom is 0.254 e. The zero-order valence-electron chi connectivity index (χ0n) is 12.1. The van der Waals surface area contributed by atoms with Crippen molar-refractivity contribution >= 4 is 40.7 Å². The third-order valence-electron chi connectivity index (χ3n) is 2.98. The summed E-state index contributed by atoms with van der Waals surface area (Å²) in [6, 6.07) is 7.48. The van der Waals surface area contributed by atoms with Crippen molar-refractivity contribution in [3.63, 3.8) is 0 Å². The van der Waals surface area contributed by atoms with E-state index in [0.717, 1.165) is 0 Å². The molecule has 23 heavy (non-hydrogen) atoms. The molecule has 120 valence electrons. The van der Waals surface area contributed by atoms with Crippen molar-refractivity contribution in [1.82, 2.24) is 4.90 Å². The highest BCUT2D eigenvalue weighted by molar-refractivity contribution is 6.42. The number of likely N-dealkylation sites (N-methyl/N-ethyl adjacent to an activating group) is 1. The summed E-state index contributed by atoms with van der Waals surface area (Å²) in [6.07, 6.45) is 2.44. The molecule has 6 nitrogen and oxygen atoms in total. The molecule has 0 saturated carbocycles. The topological polar surface area (TPSA) is 76.4 Å². The van der Waals surface area contributed by atoms with E-state index in [1.165, 1.54) is 42.5 Å². The highest BCUT2D eigenvalue weighted by Crippen LogP contribution is 2.24. The van der Waals surface area contributed by atoms with Crippen molar-refractivity contribution in [3.05, 3.63) is 63.5 Å². The molecule has 1 aromatic carbocycles. The molecule has 2 amide bonds. The lowest BCUT2D eigenvalue weighted by Gasteiger charge is -2.16. The first-order chi connectivity index (χ1) is 10.9. The Labute approximate surface area is 142 Å². The van der Waals surface area contributed by atoms with Gasteiger partial charge in [-0.3, -0.25) is 9.59 Å². The first-order valence-corrected chi connectivity index (χ1v) is 7.31. The van der Waals surface area contributed by atoms with Gasteiger partial charge in [-0.15, -0.1) is 0 Å². The Morgan fingerprint density at radius 1 is 1.17 bits per heavy atom. The molecule has 0 fully saturated rings. The fourth-order valence-corrected chi connectivity index (χ4v) is 2.14. The number of hydrogen-bond donors (Lipinski definition) is 1. The maximum absolute atomic E-state index is 12.1. The van der Waals surface area contributed by atoms with Crippen LogP contribution in [0.4, 0.5) is 5.69 Å². The number of nitrogens with zero attached hydrogens (tertiary/aromatic N) is 2. The van der Waals surface area contributed by atoms with E-state index in [2.05, 4.69) is 5.32 Å². The monoisotopic (exact) mass is 353 g/mol. The fraction of sp³-hybridized carbons (Fsp3) is 0.133. The second kappa shape index (κ2) is 7.30. The zero-order chi connectivity index (χ0) is 17.0. The predicted octanol–water partition coefficient (Wildman–Crippen LogP) is 2.34. The second-order valence-electron chi connectivity index (χ2n) is 4.78. The Morgan fingerprint density at radius 3 is 2.43 bits per heavy atom. The summed E-state index contributed by atoms with van der Waals surface area (Å²) in [4.78, 5) is 25.4. The second-order valence-corrected chi connectivity index (χ2v) is 5.60. The molecule has 2 rings (SSSR count). The van der Waals surface area contributed by atoms with Gasteiger partial charge in [-0.25, -0.2) is 0 Å². The summed E-state index contributed by atoms with van der Waals surface area (Å²) < 4.78 is 0.577.